The molecule has 3 atom stereocenters. The molecule has 2 aliphatic heterocycles. The fourth-order valence-corrected chi connectivity index (χ4v) is 1.84. The molecule has 0 aromatic rings. The van der Waals surface area contributed by atoms with Crippen LogP contribution in [0.3, 0.4) is 0 Å². The molecule has 2 aliphatic rings. The van der Waals surface area contributed by atoms with Crippen LogP contribution in [0, 0.1) is 5.92 Å². The topological polar surface area (TPSA) is 21.3 Å². The van der Waals surface area contributed by atoms with Crippen LogP contribution in [0.25, 0.3) is 0 Å². The molecular formula is C7H13NO. The fourth-order valence-electron chi connectivity index (χ4n) is 1.84. The van der Waals surface area contributed by atoms with Crippen LogP contribution >= 0.6 is 0 Å². The lowest BCUT2D eigenvalue weighted by atomic mass is 10.00. The van der Waals surface area contributed by atoms with Gasteiger partial charge in [-0.05, 0) is 19.3 Å². The van der Waals surface area contributed by atoms with Gasteiger partial charge in [-0.25, -0.2) is 0 Å². The van der Waals surface area contributed by atoms with E-state index in [9.17, 15) is 0 Å². The maximum atomic E-state index is 5.36. The first-order valence-corrected chi connectivity index (χ1v) is 3.70. The van der Waals surface area contributed by atoms with Crippen molar-refractivity contribution in [2.24, 2.45) is 5.92 Å². The van der Waals surface area contributed by atoms with E-state index in [-0.39, 0.29) is 0 Å². The van der Waals surface area contributed by atoms with Crippen LogP contribution in [0.4, 0.5) is 0 Å². The summed E-state index contributed by atoms with van der Waals surface area (Å²) in [6, 6.07) is 1.36. The van der Waals surface area contributed by atoms with Crippen molar-refractivity contribution in [1.29, 1.82) is 0 Å². The van der Waals surface area contributed by atoms with Gasteiger partial charge in [0.15, 0.2) is 0 Å². The van der Waals surface area contributed by atoms with E-state index in [4.69, 9.17) is 4.74 Å². The minimum atomic E-state index is 0.666. The zero-order valence-corrected chi connectivity index (χ0v) is 5.76. The van der Waals surface area contributed by atoms with Crippen molar-refractivity contribution < 1.29 is 4.74 Å². The molecule has 0 aromatic heterocycles. The summed E-state index contributed by atoms with van der Waals surface area (Å²) in [4.78, 5) is 0. The highest BCUT2D eigenvalue weighted by Gasteiger charge is 2.34. The van der Waals surface area contributed by atoms with Crippen molar-refractivity contribution in [3.8, 4) is 0 Å². The number of nitrogens with one attached hydrogen (secondary N) is 1. The van der Waals surface area contributed by atoms with Crippen molar-refractivity contribution in [3.05, 3.63) is 0 Å². The van der Waals surface area contributed by atoms with Crippen molar-refractivity contribution in [2.45, 2.75) is 25.4 Å². The van der Waals surface area contributed by atoms with Gasteiger partial charge in [-0.3, -0.25) is 0 Å². The Morgan fingerprint density at radius 3 is 3.00 bits per heavy atom. The summed E-state index contributed by atoms with van der Waals surface area (Å²) in [6.45, 7) is 4.16. The summed E-state index contributed by atoms with van der Waals surface area (Å²) in [5, 5.41) is 3.49. The number of hydrogen-bond donors (Lipinski definition) is 1. The van der Waals surface area contributed by atoms with Gasteiger partial charge in [0.25, 0.3) is 0 Å². The Labute approximate surface area is 55.6 Å². The molecule has 0 amide bonds. The van der Waals surface area contributed by atoms with Crippen LogP contribution in [0.5, 0.6) is 0 Å². The monoisotopic (exact) mass is 127 g/mol. The van der Waals surface area contributed by atoms with Crippen LogP contribution in [-0.4, -0.2) is 25.3 Å². The molecule has 0 spiro atoms. The third-order valence-corrected chi connectivity index (χ3v) is 2.44. The minimum absolute atomic E-state index is 0.666. The van der Waals surface area contributed by atoms with E-state index in [0.717, 1.165) is 19.1 Å². The third kappa shape index (κ3) is 0.864. The Hall–Kier alpha value is -0.0800. The second-order valence-corrected chi connectivity index (χ2v) is 3.19. The van der Waals surface area contributed by atoms with E-state index >= 15 is 0 Å². The zero-order valence-electron chi connectivity index (χ0n) is 5.76. The molecule has 0 aromatic carbocycles. The highest BCUT2D eigenvalue weighted by atomic mass is 16.5. The van der Waals surface area contributed by atoms with Gasteiger partial charge in [0.05, 0.1) is 13.2 Å². The van der Waals surface area contributed by atoms with Gasteiger partial charge < -0.3 is 10.1 Å². The zero-order chi connectivity index (χ0) is 6.27. The highest BCUT2D eigenvalue weighted by Crippen LogP contribution is 2.24. The van der Waals surface area contributed by atoms with Gasteiger partial charge in [-0.1, -0.05) is 0 Å². The average molecular weight is 127 g/mol. The van der Waals surface area contributed by atoms with Crippen molar-refractivity contribution >= 4 is 0 Å². The van der Waals surface area contributed by atoms with E-state index in [1.165, 1.54) is 6.42 Å². The molecule has 0 radical (unpaired) electrons. The van der Waals surface area contributed by atoms with E-state index in [1.807, 2.05) is 0 Å². The Kier molecular flexibility index (Phi) is 1.24. The predicted molar refractivity (Wildman–Crippen MR) is 35.3 cm³/mol. The Balaban J connectivity index is 2.07. The van der Waals surface area contributed by atoms with Crippen molar-refractivity contribution in [1.82, 2.24) is 5.32 Å². The summed E-state index contributed by atoms with van der Waals surface area (Å²) in [5.41, 5.74) is 0. The Morgan fingerprint density at radius 2 is 2.33 bits per heavy atom. The van der Waals surface area contributed by atoms with Gasteiger partial charge in [0.2, 0.25) is 0 Å². The van der Waals surface area contributed by atoms with Gasteiger partial charge in [-0.2, -0.15) is 0 Å². The minimum Gasteiger partial charge on any atom is -0.379 e. The first kappa shape index (κ1) is 5.69. The molecule has 52 valence electrons. The van der Waals surface area contributed by atoms with Crippen LogP contribution < -0.4 is 5.32 Å². The van der Waals surface area contributed by atoms with E-state index < -0.39 is 0 Å². The maximum Gasteiger partial charge on any atom is 0.0619 e. The van der Waals surface area contributed by atoms with Crippen molar-refractivity contribution in [3.63, 3.8) is 0 Å². The van der Waals surface area contributed by atoms with Crippen LogP contribution in [0.1, 0.15) is 13.3 Å². The normalized spacial score (nSPS) is 49.7. The quantitative estimate of drug-likeness (QED) is 0.508. The molecule has 2 saturated heterocycles. The maximum absolute atomic E-state index is 5.36. The molecule has 1 N–H and O–H groups in total. The summed E-state index contributed by atoms with van der Waals surface area (Å²) in [5.74, 6) is 0.795. The van der Waals surface area contributed by atoms with E-state index in [0.29, 0.717) is 12.1 Å². The first-order valence-electron chi connectivity index (χ1n) is 3.70. The summed E-state index contributed by atoms with van der Waals surface area (Å²) in [7, 11) is 0. The number of rotatable bonds is 0. The molecule has 3 unspecified atom stereocenters. The average Bonchev–Trinajstić information content (AvgIpc) is 2.09. The lowest BCUT2D eigenvalue weighted by Gasteiger charge is -2.17. The standard InChI is InChI=1S/C7H13NO/c1-5-6-2-7(8-5)4-9-3-6/h5-8H,2-4H2,1H3. The molecule has 2 heteroatoms. The summed E-state index contributed by atoms with van der Waals surface area (Å²) < 4.78 is 5.36. The van der Waals surface area contributed by atoms with Gasteiger partial charge in [-0.15, -0.1) is 0 Å². The van der Waals surface area contributed by atoms with E-state index in [2.05, 4.69) is 12.2 Å². The molecule has 2 rings (SSSR count). The Bertz CT molecular complexity index is 113. The lowest BCUT2D eigenvalue weighted by molar-refractivity contribution is 0.0649. The summed E-state index contributed by atoms with van der Waals surface area (Å²) in [6.07, 6.45) is 1.33. The molecule has 9 heavy (non-hydrogen) atoms. The molecule has 0 aliphatic carbocycles. The fraction of sp³-hybridized carbons (Fsp3) is 1.00. The van der Waals surface area contributed by atoms with Crippen molar-refractivity contribution in [2.75, 3.05) is 13.2 Å². The summed E-state index contributed by atoms with van der Waals surface area (Å²) >= 11 is 0. The molecule has 0 saturated carbocycles. The molecule has 2 bridgehead atoms. The predicted octanol–water partition coefficient (Wildman–Crippen LogP) is 0.383. The molecular weight excluding hydrogens is 114 g/mol. The molecule has 2 heterocycles. The number of hydrogen-bond acceptors (Lipinski definition) is 2. The van der Waals surface area contributed by atoms with E-state index in [1.54, 1.807) is 0 Å². The smallest absolute Gasteiger partial charge is 0.0619 e. The van der Waals surface area contributed by atoms with Gasteiger partial charge in [0.1, 0.15) is 0 Å². The van der Waals surface area contributed by atoms with Gasteiger partial charge >= 0.3 is 0 Å². The van der Waals surface area contributed by atoms with Crippen LogP contribution in [0.15, 0.2) is 0 Å². The second-order valence-electron chi connectivity index (χ2n) is 3.19. The SMILES string of the molecule is CC1NC2COCC1C2. The van der Waals surface area contributed by atoms with Gasteiger partial charge in [0, 0.05) is 12.1 Å². The van der Waals surface area contributed by atoms with Crippen LogP contribution in [0.2, 0.25) is 0 Å². The lowest BCUT2D eigenvalue weighted by Crippen LogP contribution is -2.29. The number of ether oxygens (including phenoxy) is 1. The third-order valence-electron chi connectivity index (χ3n) is 2.44. The first-order chi connectivity index (χ1) is 4.36. The largest absolute Gasteiger partial charge is 0.379 e. The Morgan fingerprint density at radius 1 is 1.44 bits per heavy atom. The molecule has 2 fully saturated rings. The molecule has 2 nitrogen and oxygen atoms in total. The highest BCUT2D eigenvalue weighted by molar-refractivity contribution is 4.90. The van der Waals surface area contributed by atoms with Crippen LogP contribution in [-0.2, 0) is 4.74 Å². The second kappa shape index (κ2) is 1.96. The number of fused-ring (bicyclic) bond motifs is 2.